The molecule has 1 unspecified atom stereocenters. The average molecular weight is 223 g/mol. The molecular formula is C11H11F2N3. The summed E-state index contributed by atoms with van der Waals surface area (Å²) in [6.07, 6.45) is 1.59. The first kappa shape index (κ1) is 10.8. The summed E-state index contributed by atoms with van der Waals surface area (Å²) in [5.74, 6) is -1.26. The van der Waals surface area contributed by atoms with Gasteiger partial charge < -0.3 is 5.73 Å². The zero-order valence-electron chi connectivity index (χ0n) is 8.69. The van der Waals surface area contributed by atoms with Gasteiger partial charge in [0.25, 0.3) is 0 Å². The number of rotatable bonds is 2. The molecule has 3 nitrogen and oxygen atoms in total. The van der Waals surface area contributed by atoms with E-state index in [4.69, 9.17) is 5.73 Å². The molecule has 1 heterocycles. The summed E-state index contributed by atoms with van der Waals surface area (Å²) in [6.45, 7) is 0. The van der Waals surface area contributed by atoms with Crippen molar-refractivity contribution in [1.82, 2.24) is 9.78 Å². The molecule has 0 amide bonds. The second kappa shape index (κ2) is 4.02. The van der Waals surface area contributed by atoms with E-state index in [9.17, 15) is 8.78 Å². The predicted molar refractivity (Wildman–Crippen MR) is 55.6 cm³/mol. The van der Waals surface area contributed by atoms with E-state index in [0.717, 1.165) is 6.07 Å². The first-order valence-electron chi connectivity index (χ1n) is 4.77. The molecule has 0 bridgehead atoms. The van der Waals surface area contributed by atoms with Gasteiger partial charge in [0, 0.05) is 19.3 Å². The SMILES string of the molecule is Cn1nccc1C(N)c1cc(F)cc(F)c1. The quantitative estimate of drug-likeness (QED) is 0.842. The van der Waals surface area contributed by atoms with Gasteiger partial charge in [0.1, 0.15) is 11.6 Å². The molecule has 84 valence electrons. The summed E-state index contributed by atoms with van der Waals surface area (Å²) in [5, 5.41) is 3.96. The zero-order chi connectivity index (χ0) is 11.7. The molecular weight excluding hydrogens is 212 g/mol. The lowest BCUT2D eigenvalue weighted by Crippen LogP contribution is -2.16. The Balaban J connectivity index is 2.41. The van der Waals surface area contributed by atoms with Gasteiger partial charge in [-0.25, -0.2) is 8.78 Å². The van der Waals surface area contributed by atoms with Gasteiger partial charge in [-0.2, -0.15) is 5.10 Å². The highest BCUT2D eigenvalue weighted by Crippen LogP contribution is 2.20. The molecule has 0 radical (unpaired) electrons. The third kappa shape index (κ3) is 1.94. The molecule has 2 N–H and O–H groups in total. The van der Waals surface area contributed by atoms with Crippen molar-refractivity contribution in [3.05, 3.63) is 53.4 Å². The third-order valence-electron chi connectivity index (χ3n) is 2.42. The van der Waals surface area contributed by atoms with Crippen LogP contribution in [0, 0.1) is 11.6 Å². The molecule has 0 fully saturated rings. The van der Waals surface area contributed by atoms with Crippen LogP contribution in [0.3, 0.4) is 0 Å². The maximum Gasteiger partial charge on any atom is 0.126 e. The predicted octanol–water partition coefficient (Wildman–Crippen LogP) is 1.75. The number of aryl methyl sites for hydroxylation is 1. The lowest BCUT2D eigenvalue weighted by Gasteiger charge is -2.12. The van der Waals surface area contributed by atoms with Crippen LogP contribution in [0.4, 0.5) is 8.78 Å². The van der Waals surface area contributed by atoms with Crippen LogP contribution in [-0.2, 0) is 7.05 Å². The molecule has 1 atom stereocenters. The van der Waals surface area contributed by atoms with Crippen molar-refractivity contribution in [3.8, 4) is 0 Å². The molecule has 0 aliphatic heterocycles. The first-order chi connectivity index (χ1) is 7.58. The Hall–Kier alpha value is -1.75. The van der Waals surface area contributed by atoms with Crippen LogP contribution >= 0.6 is 0 Å². The van der Waals surface area contributed by atoms with E-state index in [0.29, 0.717) is 11.3 Å². The molecule has 0 aliphatic rings. The minimum Gasteiger partial charge on any atom is -0.319 e. The van der Waals surface area contributed by atoms with Gasteiger partial charge in [-0.15, -0.1) is 0 Å². The number of nitrogens with zero attached hydrogens (tertiary/aromatic N) is 2. The van der Waals surface area contributed by atoms with Crippen LogP contribution in [0.1, 0.15) is 17.3 Å². The van der Waals surface area contributed by atoms with E-state index in [1.165, 1.54) is 12.1 Å². The van der Waals surface area contributed by atoms with Gasteiger partial charge >= 0.3 is 0 Å². The minimum absolute atomic E-state index is 0.390. The van der Waals surface area contributed by atoms with Crippen LogP contribution in [-0.4, -0.2) is 9.78 Å². The summed E-state index contributed by atoms with van der Waals surface area (Å²) in [5.41, 5.74) is 6.99. The molecule has 0 saturated heterocycles. The summed E-state index contributed by atoms with van der Waals surface area (Å²) in [4.78, 5) is 0. The fourth-order valence-electron chi connectivity index (χ4n) is 1.61. The Morgan fingerprint density at radius 2 is 1.88 bits per heavy atom. The van der Waals surface area contributed by atoms with E-state index in [1.807, 2.05) is 0 Å². The second-order valence-corrected chi connectivity index (χ2v) is 3.56. The minimum atomic E-state index is -0.632. The number of hydrogen-bond donors (Lipinski definition) is 1. The van der Waals surface area contributed by atoms with Crippen LogP contribution in [0.25, 0.3) is 0 Å². The van der Waals surface area contributed by atoms with E-state index >= 15 is 0 Å². The van der Waals surface area contributed by atoms with Crippen molar-refractivity contribution in [2.24, 2.45) is 12.8 Å². The van der Waals surface area contributed by atoms with Crippen LogP contribution in [0.15, 0.2) is 30.5 Å². The Kier molecular flexibility index (Phi) is 2.70. The topological polar surface area (TPSA) is 43.8 Å². The number of hydrogen-bond acceptors (Lipinski definition) is 2. The van der Waals surface area contributed by atoms with E-state index in [1.54, 1.807) is 24.0 Å². The van der Waals surface area contributed by atoms with Crippen molar-refractivity contribution >= 4 is 0 Å². The van der Waals surface area contributed by atoms with Crippen molar-refractivity contribution < 1.29 is 8.78 Å². The Labute approximate surface area is 91.5 Å². The first-order valence-corrected chi connectivity index (χ1v) is 4.77. The second-order valence-electron chi connectivity index (χ2n) is 3.56. The van der Waals surface area contributed by atoms with E-state index in [-0.39, 0.29) is 0 Å². The van der Waals surface area contributed by atoms with Crippen molar-refractivity contribution in [1.29, 1.82) is 0 Å². The maximum absolute atomic E-state index is 13.0. The molecule has 16 heavy (non-hydrogen) atoms. The summed E-state index contributed by atoms with van der Waals surface area (Å²) >= 11 is 0. The Morgan fingerprint density at radius 3 is 2.38 bits per heavy atom. The summed E-state index contributed by atoms with van der Waals surface area (Å²) < 4.78 is 27.6. The molecule has 2 aromatic rings. The number of benzene rings is 1. The summed E-state index contributed by atoms with van der Waals surface area (Å²) in [7, 11) is 1.73. The molecule has 0 saturated carbocycles. The lowest BCUT2D eigenvalue weighted by molar-refractivity contribution is 0.574. The highest BCUT2D eigenvalue weighted by Gasteiger charge is 2.14. The smallest absolute Gasteiger partial charge is 0.126 e. The van der Waals surface area contributed by atoms with Crippen molar-refractivity contribution in [2.45, 2.75) is 6.04 Å². The van der Waals surface area contributed by atoms with E-state index in [2.05, 4.69) is 5.10 Å². The number of nitrogens with two attached hydrogens (primary N) is 1. The van der Waals surface area contributed by atoms with Crippen molar-refractivity contribution in [2.75, 3.05) is 0 Å². The monoisotopic (exact) mass is 223 g/mol. The van der Waals surface area contributed by atoms with Gasteiger partial charge in [0.15, 0.2) is 0 Å². The Bertz CT molecular complexity index is 487. The molecule has 0 aliphatic carbocycles. The molecule has 5 heteroatoms. The highest BCUT2D eigenvalue weighted by atomic mass is 19.1. The molecule has 1 aromatic heterocycles. The average Bonchev–Trinajstić information content (AvgIpc) is 2.62. The van der Waals surface area contributed by atoms with Crippen LogP contribution in [0.5, 0.6) is 0 Å². The molecule has 0 spiro atoms. The standard InChI is InChI=1S/C11H11F2N3/c1-16-10(2-3-15-16)11(14)7-4-8(12)6-9(13)5-7/h2-6,11H,14H2,1H3. The highest BCUT2D eigenvalue weighted by molar-refractivity contribution is 5.28. The van der Waals surface area contributed by atoms with Gasteiger partial charge in [0.2, 0.25) is 0 Å². The van der Waals surface area contributed by atoms with Gasteiger partial charge in [-0.1, -0.05) is 0 Å². The fourth-order valence-corrected chi connectivity index (χ4v) is 1.61. The number of halogens is 2. The van der Waals surface area contributed by atoms with Gasteiger partial charge in [0.05, 0.1) is 11.7 Å². The molecule has 2 rings (SSSR count). The van der Waals surface area contributed by atoms with Gasteiger partial charge in [-0.3, -0.25) is 4.68 Å². The van der Waals surface area contributed by atoms with Crippen LogP contribution < -0.4 is 5.73 Å². The Morgan fingerprint density at radius 1 is 1.25 bits per heavy atom. The number of aromatic nitrogens is 2. The van der Waals surface area contributed by atoms with E-state index < -0.39 is 17.7 Å². The fraction of sp³-hybridized carbons (Fsp3) is 0.182. The maximum atomic E-state index is 13.0. The largest absolute Gasteiger partial charge is 0.319 e. The van der Waals surface area contributed by atoms with Crippen molar-refractivity contribution in [3.63, 3.8) is 0 Å². The summed E-state index contributed by atoms with van der Waals surface area (Å²) in [6, 6.07) is 4.40. The third-order valence-corrected chi connectivity index (χ3v) is 2.42. The van der Waals surface area contributed by atoms with Gasteiger partial charge in [-0.05, 0) is 23.8 Å². The van der Waals surface area contributed by atoms with Crippen LogP contribution in [0.2, 0.25) is 0 Å². The lowest BCUT2D eigenvalue weighted by atomic mass is 10.0. The zero-order valence-corrected chi connectivity index (χ0v) is 8.69. The molecule has 1 aromatic carbocycles. The normalized spacial score (nSPS) is 12.8.